The Bertz CT molecular complexity index is 548. The van der Waals surface area contributed by atoms with E-state index in [1.165, 1.54) is 18.4 Å². The van der Waals surface area contributed by atoms with Crippen molar-refractivity contribution in [2.75, 3.05) is 38.2 Å². The van der Waals surface area contributed by atoms with Gasteiger partial charge in [0.15, 0.2) is 0 Å². The van der Waals surface area contributed by atoms with Crippen LogP contribution >= 0.6 is 11.6 Å². The molecule has 2 saturated heterocycles. The van der Waals surface area contributed by atoms with Gasteiger partial charge in [-0.3, -0.25) is 9.11 Å². The van der Waals surface area contributed by atoms with Gasteiger partial charge in [0, 0.05) is 40.7 Å². The first-order chi connectivity index (χ1) is 11.6. The average Bonchev–Trinajstić information content (AvgIpc) is 2.58. The molecule has 1 unspecified atom stereocenters. The molecular formula is C18H27ClN2O2S. The maximum Gasteiger partial charge on any atom is 0.0817 e. The number of nitrogens with zero attached hydrogens (tertiary/aromatic N) is 1. The Morgan fingerprint density at radius 2 is 2.00 bits per heavy atom. The summed E-state index contributed by atoms with van der Waals surface area (Å²) in [6.07, 6.45) is 5.19. The predicted molar refractivity (Wildman–Crippen MR) is 100 cm³/mol. The molecule has 0 saturated carbocycles. The topological polar surface area (TPSA) is 41.6 Å². The molecule has 1 aromatic carbocycles. The van der Waals surface area contributed by atoms with Crippen molar-refractivity contribution in [3.8, 4) is 0 Å². The normalized spacial score (nSPS) is 27.9. The van der Waals surface area contributed by atoms with E-state index in [0.717, 1.165) is 31.1 Å². The van der Waals surface area contributed by atoms with Crippen LogP contribution in [0.1, 0.15) is 18.4 Å². The molecule has 2 heterocycles. The Hall–Kier alpha value is -0.460. The van der Waals surface area contributed by atoms with Crippen molar-refractivity contribution in [3.63, 3.8) is 0 Å². The lowest BCUT2D eigenvalue weighted by atomic mass is 9.97. The first-order valence-corrected chi connectivity index (χ1v) is 10.8. The van der Waals surface area contributed by atoms with Crippen LogP contribution < -0.4 is 5.32 Å². The van der Waals surface area contributed by atoms with Crippen molar-refractivity contribution in [2.45, 2.75) is 37.5 Å². The van der Waals surface area contributed by atoms with E-state index in [9.17, 15) is 4.21 Å². The quantitative estimate of drug-likeness (QED) is 0.861. The van der Waals surface area contributed by atoms with Crippen LogP contribution in [0.4, 0.5) is 0 Å². The van der Waals surface area contributed by atoms with Crippen LogP contribution in [0.15, 0.2) is 24.3 Å². The van der Waals surface area contributed by atoms with E-state index in [-0.39, 0.29) is 6.10 Å². The number of morpholine rings is 1. The van der Waals surface area contributed by atoms with Gasteiger partial charge in [-0.2, -0.15) is 0 Å². The third kappa shape index (κ3) is 5.02. The van der Waals surface area contributed by atoms with E-state index >= 15 is 0 Å². The van der Waals surface area contributed by atoms with Gasteiger partial charge in [0.05, 0.1) is 18.5 Å². The molecule has 1 aromatic rings. The SMILES string of the molecule is CS(=O)C[C@H]1CN(C2CCNCC2)[C@@H](Cc2ccc(Cl)cc2)CO1. The summed E-state index contributed by atoms with van der Waals surface area (Å²) >= 11 is 6.00. The zero-order valence-electron chi connectivity index (χ0n) is 14.2. The highest BCUT2D eigenvalue weighted by Crippen LogP contribution is 2.24. The van der Waals surface area contributed by atoms with Crippen molar-refractivity contribution in [1.82, 2.24) is 10.2 Å². The number of halogens is 1. The fourth-order valence-corrected chi connectivity index (χ4v) is 4.65. The molecule has 3 atom stereocenters. The molecule has 134 valence electrons. The fourth-order valence-electron chi connectivity index (χ4n) is 3.80. The number of piperidine rings is 1. The van der Waals surface area contributed by atoms with E-state index in [0.29, 0.717) is 24.4 Å². The van der Waals surface area contributed by atoms with Gasteiger partial charge in [0.2, 0.25) is 0 Å². The van der Waals surface area contributed by atoms with E-state index in [1.54, 1.807) is 6.26 Å². The zero-order valence-corrected chi connectivity index (χ0v) is 15.8. The minimum Gasteiger partial charge on any atom is -0.374 e. The summed E-state index contributed by atoms with van der Waals surface area (Å²) in [6.45, 7) is 3.77. The molecule has 0 amide bonds. The number of nitrogens with one attached hydrogen (secondary N) is 1. The second kappa shape index (κ2) is 8.77. The van der Waals surface area contributed by atoms with Gasteiger partial charge in [-0.1, -0.05) is 23.7 Å². The number of rotatable bonds is 5. The number of ether oxygens (including phenoxy) is 1. The highest BCUT2D eigenvalue weighted by Gasteiger charge is 2.34. The first-order valence-electron chi connectivity index (χ1n) is 8.74. The lowest BCUT2D eigenvalue weighted by Crippen LogP contribution is -2.57. The van der Waals surface area contributed by atoms with E-state index in [4.69, 9.17) is 16.3 Å². The van der Waals surface area contributed by atoms with Crippen LogP contribution in [0, 0.1) is 0 Å². The Balaban J connectivity index is 1.70. The Morgan fingerprint density at radius 1 is 1.29 bits per heavy atom. The molecule has 3 rings (SSSR count). The molecule has 6 heteroatoms. The van der Waals surface area contributed by atoms with E-state index < -0.39 is 10.8 Å². The largest absolute Gasteiger partial charge is 0.374 e. The van der Waals surface area contributed by atoms with Gasteiger partial charge in [0.1, 0.15) is 0 Å². The molecule has 2 aliphatic rings. The van der Waals surface area contributed by atoms with Gasteiger partial charge in [-0.25, -0.2) is 0 Å². The second-order valence-corrected chi connectivity index (χ2v) is 8.77. The summed E-state index contributed by atoms with van der Waals surface area (Å²) in [4.78, 5) is 2.62. The third-order valence-corrected chi connectivity index (χ3v) is 6.08. The monoisotopic (exact) mass is 370 g/mol. The summed E-state index contributed by atoms with van der Waals surface area (Å²) in [7, 11) is -0.813. The smallest absolute Gasteiger partial charge is 0.0817 e. The third-order valence-electron chi connectivity index (χ3n) is 4.99. The summed E-state index contributed by atoms with van der Waals surface area (Å²) in [5, 5.41) is 4.22. The van der Waals surface area contributed by atoms with Crippen molar-refractivity contribution in [1.29, 1.82) is 0 Å². The Morgan fingerprint density at radius 3 is 2.67 bits per heavy atom. The lowest BCUT2D eigenvalue weighted by molar-refractivity contribution is -0.0736. The minimum absolute atomic E-state index is 0.0900. The highest BCUT2D eigenvalue weighted by atomic mass is 35.5. The van der Waals surface area contributed by atoms with Gasteiger partial charge < -0.3 is 10.1 Å². The number of hydrogen-bond donors (Lipinski definition) is 1. The summed E-state index contributed by atoms with van der Waals surface area (Å²) in [6, 6.07) is 9.11. The molecule has 0 aliphatic carbocycles. The van der Waals surface area contributed by atoms with Crippen LogP contribution in [-0.4, -0.2) is 65.5 Å². The van der Waals surface area contributed by atoms with Crippen LogP contribution in [-0.2, 0) is 22.0 Å². The average molecular weight is 371 g/mol. The number of hydrogen-bond acceptors (Lipinski definition) is 4. The number of benzene rings is 1. The van der Waals surface area contributed by atoms with Gasteiger partial charge in [-0.05, 0) is 50.0 Å². The molecule has 1 N–H and O–H groups in total. The van der Waals surface area contributed by atoms with Crippen LogP contribution in [0.2, 0.25) is 5.02 Å². The van der Waals surface area contributed by atoms with E-state index in [2.05, 4.69) is 22.3 Å². The molecule has 24 heavy (non-hydrogen) atoms. The molecule has 4 nitrogen and oxygen atoms in total. The van der Waals surface area contributed by atoms with Crippen molar-refractivity contribution < 1.29 is 8.95 Å². The van der Waals surface area contributed by atoms with Crippen LogP contribution in [0.3, 0.4) is 0 Å². The van der Waals surface area contributed by atoms with E-state index in [1.807, 2.05) is 12.1 Å². The maximum absolute atomic E-state index is 11.6. The molecule has 0 bridgehead atoms. The van der Waals surface area contributed by atoms with Crippen molar-refractivity contribution in [2.24, 2.45) is 0 Å². The second-order valence-electron chi connectivity index (χ2n) is 6.86. The zero-order chi connectivity index (χ0) is 16.9. The van der Waals surface area contributed by atoms with Crippen molar-refractivity contribution >= 4 is 22.4 Å². The summed E-state index contributed by atoms with van der Waals surface area (Å²) < 4.78 is 17.6. The fraction of sp³-hybridized carbons (Fsp3) is 0.667. The molecule has 0 aromatic heterocycles. The predicted octanol–water partition coefficient (Wildman–Crippen LogP) is 2.08. The minimum atomic E-state index is -0.813. The maximum atomic E-state index is 11.6. The molecular weight excluding hydrogens is 344 g/mol. The lowest BCUT2D eigenvalue weighted by Gasteiger charge is -2.45. The van der Waals surface area contributed by atoms with Crippen LogP contribution in [0.5, 0.6) is 0 Å². The molecule has 0 radical (unpaired) electrons. The van der Waals surface area contributed by atoms with Gasteiger partial charge >= 0.3 is 0 Å². The molecule has 0 spiro atoms. The highest BCUT2D eigenvalue weighted by molar-refractivity contribution is 7.84. The van der Waals surface area contributed by atoms with Gasteiger partial charge in [0.25, 0.3) is 0 Å². The summed E-state index contributed by atoms with van der Waals surface area (Å²) in [5.74, 6) is 0.634. The molecule has 2 fully saturated rings. The first kappa shape index (κ1) is 18.3. The Labute approximate surface area is 152 Å². The standard InChI is InChI=1S/C18H27ClN2O2S/c1-24(22)13-18-11-21(16-6-8-20-9-7-16)17(12-23-18)10-14-2-4-15(19)5-3-14/h2-5,16-18,20H,6-13H2,1H3/t17-,18+,24?/m0/s1. The van der Waals surface area contributed by atoms with Crippen LogP contribution in [0.25, 0.3) is 0 Å². The molecule has 2 aliphatic heterocycles. The van der Waals surface area contributed by atoms with Crippen molar-refractivity contribution in [3.05, 3.63) is 34.9 Å². The summed E-state index contributed by atoms with van der Waals surface area (Å²) in [5.41, 5.74) is 1.30. The van der Waals surface area contributed by atoms with Gasteiger partial charge in [-0.15, -0.1) is 0 Å². The Kier molecular flexibility index (Phi) is 6.70.